The molecule has 0 unspecified atom stereocenters. The van der Waals surface area contributed by atoms with Crippen LogP contribution in [0.5, 0.6) is 0 Å². The number of rotatable bonds is 4. The zero-order valence-corrected chi connectivity index (χ0v) is 16.5. The second-order valence-electron chi connectivity index (χ2n) is 7.26. The van der Waals surface area contributed by atoms with Crippen molar-refractivity contribution in [3.8, 4) is 0 Å². The number of methoxy groups -OCH3 is 1. The van der Waals surface area contributed by atoms with Crippen LogP contribution in [0.4, 0.5) is 10.1 Å². The van der Waals surface area contributed by atoms with Gasteiger partial charge >= 0.3 is 5.97 Å². The smallest absolute Gasteiger partial charge is 0.340 e. The molecule has 0 bridgehead atoms. The highest BCUT2D eigenvalue weighted by molar-refractivity contribution is 7.92. The number of ketones is 1. The summed E-state index contributed by atoms with van der Waals surface area (Å²) in [5.74, 6) is -2.03. The van der Waals surface area contributed by atoms with E-state index in [0.29, 0.717) is 18.4 Å². The van der Waals surface area contributed by atoms with Gasteiger partial charge in [-0.2, -0.15) is 0 Å². The summed E-state index contributed by atoms with van der Waals surface area (Å²) in [6.07, 6.45) is 1.18. The minimum atomic E-state index is -4.33. The number of nitrogens with one attached hydrogen (secondary N) is 1. The number of benzene rings is 2. The molecule has 1 aliphatic rings. The first-order valence-electron chi connectivity index (χ1n) is 8.65. The average Bonchev–Trinajstić information content (AvgIpc) is 2.64. The van der Waals surface area contributed by atoms with Crippen molar-refractivity contribution in [1.82, 2.24) is 0 Å². The van der Waals surface area contributed by atoms with Crippen molar-refractivity contribution in [2.24, 2.45) is 5.41 Å². The third-order valence-electron chi connectivity index (χ3n) is 4.91. The van der Waals surface area contributed by atoms with Gasteiger partial charge in [0.2, 0.25) is 0 Å². The molecular formula is C20H20FNO5S. The SMILES string of the molecule is COC(=O)c1c(NS(=O)(=O)c2ccccc2F)ccc2c1C(=O)C(C)(C)CC2. The minimum absolute atomic E-state index is 0.125. The van der Waals surface area contributed by atoms with Crippen LogP contribution in [0, 0.1) is 11.2 Å². The molecule has 28 heavy (non-hydrogen) atoms. The molecule has 0 amide bonds. The maximum atomic E-state index is 14.0. The lowest BCUT2D eigenvalue weighted by atomic mass is 9.71. The maximum Gasteiger partial charge on any atom is 0.340 e. The molecule has 1 N–H and O–H groups in total. The standard InChI is InChI=1S/C20H20FNO5S/c1-20(2)11-10-12-8-9-14(17(19(24)27-3)16(12)18(20)23)22-28(25,26)15-7-5-4-6-13(15)21/h4-9,22H,10-11H2,1-3H3. The van der Waals surface area contributed by atoms with E-state index in [1.807, 2.05) is 0 Å². The molecule has 3 rings (SSSR count). The van der Waals surface area contributed by atoms with E-state index in [4.69, 9.17) is 4.74 Å². The lowest BCUT2D eigenvalue weighted by Gasteiger charge is -2.31. The molecule has 0 heterocycles. The molecule has 0 aromatic heterocycles. The molecular weight excluding hydrogens is 385 g/mol. The monoisotopic (exact) mass is 405 g/mol. The van der Waals surface area contributed by atoms with E-state index in [1.54, 1.807) is 19.9 Å². The molecule has 0 saturated carbocycles. The van der Waals surface area contributed by atoms with Gasteiger partial charge in [0, 0.05) is 11.0 Å². The van der Waals surface area contributed by atoms with Crippen molar-refractivity contribution >= 4 is 27.5 Å². The van der Waals surface area contributed by atoms with Gasteiger partial charge in [-0.1, -0.05) is 32.0 Å². The van der Waals surface area contributed by atoms with Crippen molar-refractivity contribution in [3.05, 3.63) is 58.9 Å². The maximum absolute atomic E-state index is 14.0. The summed E-state index contributed by atoms with van der Waals surface area (Å²) in [4.78, 5) is 24.9. The predicted octanol–water partition coefficient (Wildman–Crippen LogP) is 3.57. The summed E-state index contributed by atoms with van der Waals surface area (Å²) in [5.41, 5.74) is -0.174. The summed E-state index contributed by atoms with van der Waals surface area (Å²) in [6, 6.07) is 7.89. The molecule has 0 aliphatic heterocycles. The van der Waals surface area contributed by atoms with E-state index >= 15 is 0 Å². The fourth-order valence-corrected chi connectivity index (χ4v) is 4.43. The first-order chi connectivity index (χ1) is 13.1. The third kappa shape index (κ3) is 3.40. The Hall–Kier alpha value is -2.74. The molecule has 1 aliphatic carbocycles. The van der Waals surface area contributed by atoms with Crippen LogP contribution in [-0.2, 0) is 21.2 Å². The molecule has 0 radical (unpaired) electrons. The molecule has 0 atom stereocenters. The molecule has 0 spiro atoms. The number of anilines is 1. The van der Waals surface area contributed by atoms with Crippen LogP contribution >= 0.6 is 0 Å². The van der Waals surface area contributed by atoms with Crippen molar-refractivity contribution in [2.45, 2.75) is 31.6 Å². The van der Waals surface area contributed by atoms with Crippen LogP contribution in [0.15, 0.2) is 41.3 Å². The molecule has 6 nitrogen and oxygen atoms in total. The Labute approximate surface area is 162 Å². The molecule has 2 aromatic carbocycles. The number of hydrogen-bond donors (Lipinski definition) is 1. The predicted molar refractivity (Wildman–Crippen MR) is 101 cm³/mol. The first-order valence-corrected chi connectivity index (χ1v) is 10.1. The van der Waals surface area contributed by atoms with Gasteiger partial charge in [0.25, 0.3) is 10.0 Å². The first kappa shape index (κ1) is 20.0. The van der Waals surface area contributed by atoms with Crippen molar-refractivity contribution in [1.29, 1.82) is 0 Å². The zero-order chi connectivity index (χ0) is 20.7. The van der Waals surface area contributed by atoms with Gasteiger partial charge in [-0.15, -0.1) is 0 Å². The van der Waals surface area contributed by atoms with Gasteiger partial charge in [-0.3, -0.25) is 9.52 Å². The van der Waals surface area contributed by atoms with Gasteiger partial charge in [0.05, 0.1) is 18.4 Å². The number of Topliss-reactive ketones (excluding diaryl/α,β-unsaturated/α-hetero) is 1. The lowest BCUT2D eigenvalue weighted by molar-refractivity contribution is 0.0593. The highest BCUT2D eigenvalue weighted by Gasteiger charge is 2.38. The topological polar surface area (TPSA) is 89.5 Å². The number of sulfonamides is 1. The van der Waals surface area contributed by atoms with Gasteiger partial charge in [-0.25, -0.2) is 17.6 Å². The Morgan fingerprint density at radius 3 is 2.50 bits per heavy atom. The average molecular weight is 405 g/mol. The largest absolute Gasteiger partial charge is 0.465 e. The Kier molecular flexibility index (Phi) is 5.01. The molecule has 8 heteroatoms. The van der Waals surface area contributed by atoms with Crippen LogP contribution in [0.3, 0.4) is 0 Å². The Bertz CT molecular complexity index is 1080. The number of carbonyl (C=O) groups excluding carboxylic acids is 2. The number of carbonyl (C=O) groups is 2. The summed E-state index contributed by atoms with van der Waals surface area (Å²) in [5, 5.41) is 0. The van der Waals surface area contributed by atoms with E-state index in [1.165, 1.54) is 18.2 Å². The molecule has 0 fully saturated rings. The van der Waals surface area contributed by atoms with E-state index in [0.717, 1.165) is 19.2 Å². The zero-order valence-electron chi connectivity index (χ0n) is 15.7. The Morgan fingerprint density at radius 1 is 1.18 bits per heavy atom. The van der Waals surface area contributed by atoms with Crippen molar-refractivity contribution < 1.29 is 27.1 Å². The van der Waals surface area contributed by atoms with E-state index in [-0.39, 0.29) is 22.6 Å². The number of halogens is 1. The molecule has 2 aromatic rings. The third-order valence-corrected chi connectivity index (χ3v) is 6.31. The van der Waals surface area contributed by atoms with Gasteiger partial charge in [-0.05, 0) is 36.6 Å². The number of hydrogen-bond acceptors (Lipinski definition) is 5. The summed E-state index contributed by atoms with van der Waals surface area (Å²) in [6.45, 7) is 3.55. The highest BCUT2D eigenvalue weighted by Crippen LogP contribution is 2.39. The molecule has 148 valence electrons. The van der Waals surface area contributed by atoms with Gasteiger partial charge in [0.15, 0.2) is 5.78 Å². The summed E-state index contributed by atoms with van der Waals surface area (Å²) >= 11 is 0. The van der Waals surface area contributed by atoms with Crippen molar-refractivity contribution in [2.75, 3.05) is 11.8 Å². The number of esters is 1. The Balaban J connectivity index is 2.18. The second-order valence-corrected chi connectivity index (χ2v) is 8.91. The van der Waals surface area contributed by atoms with E-state index < -0.39 is 32.1 Å². The molecule has 0 saturated heterocycles. The quantitative estimate of drug-likeness (QED) is 0.786. The van der Waals surface area contributed by atoms with Gasteiger partial charge in [0.1, 0.15) is 10.7 Å². The Morgan fingerprint density at radius 2 is 1.86 bits per heavy atom. The van der Waals surface area contributed by atoms with Crippen LogP contribution in [0.1, 0.15) is 46.5 Å². The van der Waals surface area contributed by atoms with Gasteiger partial charge < -0.3 is 4.74 Å². The van der Waals surface area contributed by atoms with Crippen LogP contribution in [-0.4, -0.2) is 27.3 Å². The normalized spacial score (nSPS) is 15.6. The van der Waals surface area contributed by atoms with Crippen molar-refractivity contribution in [3.63, 3.8) is 0 Å². The van der Waals surface area contributed by atoms with E-state index in [2.05, 4.69) is 4.72 Å². The van der Waals surface area contributed by atoms with E-state index in [9.17, 15) is 22.4 Å². The van der Waals surface area contributed by atoms with Crippen LogP contribution in [0.2, 0.25) is 0 Å². The number of aryl methyl sites for hydroxylation is 1. The number of fused-ring (bicyclic) bond motifs is 1. The fraction of sp³-hybridized carbons (Fsp3) is 0.300. The summed E-state index contributed by atoms with van der Waals surface area (Å²) in [7, 11) is -3.18. The minimum Gasteiger partial charge on any atom is -0.465 e. The summed E-state index contributed by atoms with van der Waals surface area (Å²) < 4.78 is 46.4. The van der Waals surface area contributed by atoms with Crippen LogP contribution in [0.25, 0.3) is 0 Å². The highest BCUT2D eigenvalue weighted by atomic mass is 32.2. The lowest BCUT2D eigenvalue weighted by Crippen LogP contribution is -2.33. The second kappa shape index (κ2) is 7.01. The fourth-order valence-electron chi connectivity index (χ4n) is 3.27. The van der Waals surface area contributed by atoms with Crippen LogP contribution < -0.4 is 4.72 Å². The number of ether oxygens (including phenoxy) is 1.